The first kappa shape index (κ1) is 19.9. The molecule has 0 aromatic rings. The molecule has 0 radical (unpaired) electrons. The molecule has 1 aliphatic heterocycles. The number of carboxylic acids is 2. The highest BCUT2D eigenvalue weighted by Crippen LogP contribution is 2.25. The first-order chi connectivity index (χ1) is 10.7. The van der Waals surface area contributed by atoms with Crippen molar-refractivity contribution in [3.63, 3.8) is 0 Å². The summed E-state index contributed by atoms with van der Waals surface area (Å²) in [6.45, 7) is 11.0. The van der Waals surface area contributed by atoms with Crippen LogP contribution in [0.15, 0.2) is 0 Å². The van der Waals surface area contributed by atoms with E-state index in [2.05, 4.69) is 37.9 Å². The standard InChI is InChI=1S/C9H17NO2.C8H15NO2/c1-6(2)10-8-4-3-7(5-8)9(11)12;1-6(2)3-9-4-7(5-9)8(10)11/h6-8,10H,3-5H2,1-2H3,(H,11,12);6-7H,3-5H2,1-2H3,(H,10,11). The number of carbonyl (C=O) groups is 2. The fourth-order valence-electron chi connectivity index (χ4n) is 3.22. The molecule has 6 heteroatoms. The Morgan fingerprint density at radius 1 is 1.04 bits per heavy atom. The lowest BCUT2D eigenvalue weighted by molar-refractivity contribution is -0.147. The van der Waals surface area contributed by atoms with Crippen molar-refractivity contribution in [1.29, 1.82) is 0 Å². The lowest BCUT2D eigenvalue weighted by atomic mass is 9.99. The van der Waals surface area contributed by atoms with Gasteiger partial charge in [0.15, 0.2) is 0 Å². The molecule has 1 saturated heterocycles. The Hall–Kier alpha value is -1.14. The maximum Gasteiger partial charge on any atom is 0.309 e. The van der Waals surface area contributed by atoms with Gasteiger partial charge >= 0.3 is 11.9 Å². The van der Waals surface area contributed by atoms with Gasteiger partial charge in [0.25, 0.3) is 0 Å². The number of aliphatic carboxylic acids is 2. The van der Waals surface area contributed by atoms with E-state index < -0.39 is 11.9 Å². The fraction of sp³-hybridized carbons (Fsp3) is 0.882. The van der Waals surface area contributed by atoms with Gasteiger partial charge in [0.1, 0.15) is 0 Å². The molecule has 0 aromatic carbocycles. The number of nitrogens with zero attached hydrogens (tertiary/aromatic N) is 1. The van der Waals surface area contributed by atoms with Crippen LogP contribution in [0.1, 0.15) is 47.0 Å². The number of hydrogen-bond acceptors (Lipinski definition) is 4. The van der Waals surface area contributed by atoms with Crippen LogP contribution in [0.25, 0.3) is 0 Å². The van der Waals surface area contributed by atoms with Crippen molar-refractivity contribution in [2.45, 2.75) is 59.0 Å². The Balaban J connectivity index is 0.000000231. The van der Waals surface area contributed by atoms with Gasteiger partial charge in [0.05, 0.1) is 11.8 Å². The van der Waals surface area contributed by atoms with Crippen LogP contribution in [0.3, 0.4) is 0 Å². The van der Waals surface area contributed by atoms with Crippen LogP contribution in [0.4, 0.5) is 0 Å². The summed E-state index contributed by atoms with van der Waals surface area (Å²) in [6, 6.07) is 0.883. The molecule has 134 valence electrons. The minimum atomic E-state index is -0.648. The Morgan fingerprint density at radius 2 is 1.61 bits per heavy atom. The first-order valence-corrected chi connectivity index (χ1v) is 8.63. The van der Waals surface area contributed by atoms with Gasteiger partial charge in [0.2, 0.25) is 0 Å². The Bertz CT molecular complexity index is 392. The molecule has 2 rings (SSSR count). The van der Waals surface area contributed by atoms with Gasteiger partial charge in [-0.15, -0.1) is 0 Å². The summed E-state index contributed by atoms with van der Waals surface area (Å²) < 4.78 is 0. The average molecular weight is 328 g/mol. The quantitative estimate of drug-likeness (QED) is 0.690. The molecule has 2 aliphatic rings. The smallest absolute Gasteiger partial charge is 0.309 e. The maximum absolute atomic E-state index is 10.6. The lowest BCUT2D eigenvalue weighted by Crippen LogP contribution is -2.51. The normalized spacial score (nSPS) is 25.1. The summed E-state index contributed by atoms with van der Waals surface area (Å²) in [7, 11) is 0. The van der Waals surface area contributed by atoms with E-state index in [4.69, 9.17) is 10.2 Å². The fourth-order valence-corrected chi connectivity index (χ4v) is 3.22. The number of rotatable bonds is 6. The molecule has 23 heavy (non-hydrogen) atoms. The second-order valence-electron chi connectivity index (χ2n) is 7.51. The number of nitrogens with one attached hydrogen (secondary N) is 1. The second kappa shape index (κ2) is 9.23. The van der Waals surface area contributed by atoms with E-state index in [0.717, 1.165) is 38.9 Å². The summed E-state index contributed by atoms with van der Waals surface area (Å²) >= 11 is 0. The van der Waals surface area contributed by atoms with Crippen LogP contribution < -0.4 is 5.32 Å². The molecule has 2 atom stereocenters. The van der Waals surface area contributed by atoms with Gasteiger partial charge < -0.3 is 20.4 Å². The van der Waals surface area contributed by atoms with E-state index >= 15 is 0 Å². The summed E-state index contributed by atoms with van der Waals surface area (Å²) in [4.78, 5) is 23.2. The minimum absolute atomic E-state index is 0.103. The minimum Gasteiger partial charge on any atom is -0.481 e. The van der Waals surface area contributed by atoms with Crippen molar-refractivity contribution in [3.8, 4) is 0 Å². The van der Waals surface area contributed by atoms with E-state index in [0.29, 0.717) is 18.0 Å². The highest BCUT2D eigenvalue weighted by molar-refractivity contribution is 5.71. The van der Waals surface area contributed by atoms with Gasteiger partial charge in [-0.3, -0.25) is 9.59 Å². The predicted octanol–water partition coefficient (Wildman–Crippen LogP) is 1.90. The largest absolute Gasteiger partial charge is 0.481 e. The lowest BCUT2D eigenvalue weighted by Gasteiger charge is -2.37. The monoisotopic (exact) mass is 328 g/mol. The van der Waals surface area contributed by atoms with Gasteiger partial charge in [-0.2, -0.15) is 0 Å². The molecule has 1 aliphatic carbocycles. The first-order valence-electron chi connectivity index (χ1n) is 8.63. The third-order valence-corrected chi connectivity index (χ3v) is 4.28. The van der Waals surface area contributed by atoms with E-state index in [-0.39, 0.29) is 11.8 Å². The van der Waals surface area contributed by atoms with Crippen molar-refractivity contribution < 1.29 is 19.8 Å². The molecule has 1 saturated carbocycles. The maximum atomic E-state index is 10.6. The van der Waals surface area contributed by atoms with Crippen LogP contribution in [0.5, 0.6) is 0 Å². The summed E-state index contributed by atoms with van der Waals surface area (Å²) in [5, 5.41) is 20.7. The molecular weight excluding hydrogens is 296 g/mol. The summed E-state index contributed by atoms with van der Waals surface area (Å²) in [5.41, 5.74) is 0. The average Bonchev–Trinajstić information content (AvgIpc) is 2.81. The zero-order chi connectivity index (χ0) is 17.6. The number of hydrogen-bond donors (Lipinski definition) is 3. The molecule has 0 amide bonds. The Kier molecular flexibility index (Phi) is 7.99. The van der Waals surface area contributed by atoms with Crippen LogP contribution in [-0.2, 0) is 9.59 Å². The third-order valence-electron chi connectivity index (χ3n) is 4.28. The molecule has 1 heterocycles. The molecule has 3 N–H and O–H groups in total. The predicted molar refractivity (Wildman–Crippen MR) is 89.4 cm³/mol. The second-order valence-corrected chi connectivity index (χ2v) is 7.51. The molecule has 2 unspecified atom stereocenters. The highest BCUT2D eigenvalue weighted by Gasteiger charge is 2.32. The molecule has 6 nitrogen and oxygen atoms in total. The molecule has 0 aromatic heterocycles. The molecule has 0 bridgehead atoms. The van der Waals surface area contributed by atoms with E-state index in [9.17, 15) is 9.59 Å². The Morgan fingerprint density at radius 3 is 2.00 bits per heavy atom. The topological polar surface area (TPSA) is 89.9 Å². The van der Waals surface area contributed by atoms with Crippen molar-refractivity contribution >= 4 is 11.9 Å². The SMILES string of the molecule is CC(C)CN1CC(C(=O)O)C1.CC(C)NC1CCC(C(=O)O)C1. The zero-order valence-corrected chi connectivity index (χ0v) is 14.8. The molecular formula is C17H32N2O4. The molecule has 0 spiro atoms. The van der Waals surface area contributed by atoms with Crippen LogP contribution in [-0.4, -0.2) is 58.8 Å². The van der Waals surface area contributed by atoms with Crippen molar-refractivity contribution in [2.24, 2.45) is 17.8 Å². The van der Waals surface area contributed by atoms with Gasteiger partial charge in [-0.05, 0) is 25.2 Å². The van der Waals surface area contributed by atoms with E-state index in [1.807, 2.05) is 0 Å². The highest BCUT2D eigenvalue weighted by atomic mass is 16.4. The van der Waals surface area contributed by atoms with Gasteiger partial charge in [-0.25, -0.2) is 0 Å². The third kappa shape index (κ3) is 7.31. The van der Waals surface area contributed by atoms with E-state index in [1.165, 1.54) is 0 Å². The number of carboxylic acid groups (broad SMARTS) is 2. The van der Waals surface area contributed by atoms with Crippen LogP contribution >= 0.6 is 0 Å². The summed E-state index contributed by atoms with van der Waals surface area (Å²) in [6.07, 6.45) is 2.64. The van der Waals surface area contributed by atoms with Gasteiger partial charge in [0, 0.05) is 31.7 Å². The van der Waals surface area contributed by atoms with Crippen LogP contribution in [0.2, 0.25) is 0 Å². The van der Waals surface area contributed by atoms with Crippen molar-refractivity contribution in [1.82, 2.24) is 10.2 Å². The Labute approximate surface area is 139 Å². The van der Waals surface area contributed by atoms with Crippen LogP contribution in [0, 0.1) is 17.8 Å². The van der Waals surface area contributed by atoms with Crippen molar-refractivity contribution in [2.75, 3.05) is 19.6 Å². The molecule has 2 fully saturated rings. The van der Waals surface area contributed by atoms with E-state index in [1.54, 1.807) is 0 Å². The summed E-state index contributed by atoms with van der Waals surface area (Å²) in [5.74, 6) is -0.854. The number of likely N-dealkylation sites (tertiary alicyclic amines) is 1. The zero-order valence-electron chi connectivity index (χ0n) is 14.8. The van der Waals surface area contributed by atoms with Gasteiger partial charge in [-0.1, -0.05) is 27.7 Å². The van der Waals surface area contributed by atoms with Crippen molar-refractivity contribution in [3.05, 3.63) is 0 Å².